The summed E-state index contributed by atoms with van der Waals surface area (Å²) in [5.74, 6) is 0.840. The fourth-order valence-corrected chi connectivity index (χ4v) is 1.70. The van der Waals surface area contributed by atoms with Crippen LogP contribution >= 0.6 is 0 Å². The second-order valence-electron chi connectivity index (χ2n) is 4.20. The molecule has 0 spiro atoms. The Morgan fingerprint density at radius 3 is 2.56 bits per heavy atom. The number of nitrogens with two attached hydrogens (primary N) is 1. The van der Waals surface area contributed by atoms with Crippen LogP contribution in [0.25, 0.3) is 0 Å². The lowest BCUT2D eigenvalue weighted by atomic mass is 9.86. The van der Waals surface area contributed by atoms with E-state index in [9.17, 15) is 0 Å². The zero-order valence-electron chi connectivity index (χ0n) is 9.97. The second kappa shape index (κ2) is 5.53. The molecule has 0 radical (unpaired) electrons. The Labute approximate surface area is 96.8 Å². The predicted octanol–water partition coefficient (Wildman–Crippen LogP) is 2.49. The van der Waals surface area contributed by atoms with E-state index < -0.39 is 0 Å². The van der Waals surface area contributed by atoms with Crippen LogP contribution in [0.1, 0.15) is 25.5 Å². The Morgan fingerprint density at radius 2 is 2.06 bits per heavy atom. The summed E-state index contributed by atoms with van der Waals surface area (Å²) in [5, 5.41) is 9.09. The molecule has 0 aliphatic carbocycles. The Hall–Kier alpha value is -1.53. The highest BCUT2D eigenvalue weighted by atomic mass is 16.5. The molecule has 2 unspecified atom stereocenters. The highest BCUT2D eigenvalue weighted by Crippen LogP contribution is 2.27. The standard InChI is InChI=1S/C13H18N2O/c1-9(2)12(8-14)13(15)10-5-4-6-11(7-10)16-3/h4-7,9,12-13H,15H2,1-3H3. The normalized spacial score (nSPS) is 14.2. The monoisotopic (exact) mass is 218 g/mol. The third kappa shape index (κ3) is 2.74. The molecular weight excluding hydrogens is 200 g/mol. The SMILES string of the molecule is COc1cccc(C(N)C(C#N)C(C)C)c1. The van der Waals surface area contributed by atoms with Crippen molar-refractivity contribution in [2.75, 3.05) is 7.11 Å². The van der Waals surface area contributed by atoms with Gasteiger partial charge in [0.2, 0.25) is 0 Å². The number of hydrogen-bond donors (Lipinski definition) is 1. The summed E-state index contributed by atoms with van der Waals surface area (Å²) in [7, 11) is 1.62. The molecule has 0 aliphatic heterocycles. The molecule has 0 heterocycles. The van der Waals surface area contributed by atoms with Gasteiger partial charge in [0.1, 0.15) is 5.75 Å². The Balaban J connectivity index is 2.95. The van der Waals surface area contributed by atoms with Crippen molar-refractivity contribution in [2.24, 2.45) is 17.6 Å². The van der Waals surface area contributed by atoms with Gasteiger partial charge in [-0.2, -0.15) is 5.26 Å². The summed E-state index contributed by atoms with van der Waals surface area (Å²) in [6, 6.07) is 9.58. The summed E-state index contributed by atoms with van der Waals surface area (Å²) in [6.07, 6.45) is 0. The minimum absolute atomic E-state index is 0.174. The number of rotatable bonds is 4. The van der Waals surface area contributed by atoms with E-state index in [1.54, 1.807) is 7.11 Å². The van der Waals surface area contributed by atoms with E-state index in [1.165, 1.54) is 0 Å². The fraction of sp³-hybridized carbons (Fsp3) is 0.462. The van der Waals surface area contributed by atoms with Crippen LogP contribution in [-0.2, 0) is 0 Å². The average molecular weight is 218 g/mol. The number of hydrogen-bond acceptors (Lipinski definition) is 3. The first kappa shape index (κ1) is 12.5. The molecule has 0 saturated heterocycles. The van der Waals surface area contributed by atoms with Gasteiger partial charge in [0, 0.05) is 6.04 Å². The van der Waals surface area contributed by atoms with Gasteiger partial charge in [0.15, 0.2) is 0 Å². The first-order valence-corrected chi connectivity index (χ1v) is 5.39. The summed E-state index contributed by atoms with van der Waals surface area (Å²) < 4.78 is 5.14. The minimum atomic E-state index is -0.264. The molecule has 0 saturated carbocycles. The van der Waals surface area contributed by atoms with Gasteiger partial charge in [-0.3, -0.25) is 0 Å². The molecule has 3 nitrogen and oxygen atoms in total. The van der Waals surface area contributed by atoms with Gasteiger partial charge in [0.25, 0.3) is 0 Å². The van der Waals surface area contributed by atoms with Crippen LogP contribution in [0.3, 0.4) is 0 Å². The Kier molecular flexibility index (Phi) is 4.33. The van der Waals surface area contributed by atoms with Crippen molar-refractivity contribution in [1.29, 1.82) is 5.26 Å². The summed E-state index contributed by atoms with van der Waals surface area (Å²) in [4.78, 5) is 0. The molecular formula is C13H18N2O. The van der Waals surface area contributed by atoms with Crippen molar-refractivity contribution in [3.05, 3.63) is 29.8 Å². The molecule has 1 rings (SSSR count). The maximum Gasteiger partial charge on any atom is 0.119 e. The second-order valence-corrected chi connectivity index (χ2v) is 4.20. The van der Waals surface area contributed by atoms with Crippen molar-refractivity contribution < 1.29 is 4.74 Å². The van der Waals surface area contributed by atoms with Crippen LogP contribution in [0.15, 0.2) is 24.3 Å². The zero-order chi connectivity index (χ0) is 12.1. The van der Waals surface area contributed by atoms with Gasteiger partial charge in [0.05, 0.1) is 19.1 Å². The van der Waals surface area contributed by atoms with Crippen molar-refractivity contribution in [2.45, 2.75) is 19.9 Å². The lowest BCUT2D eigenvalue weighted by Gasteiger charge is -2.21. The molecule has 0 aliphatic rings. The third-order valence-electron chi connectivity index (χ3n) is 2.73. The largest absolute Gasteiger partial charge is 0.497 e. The van der Waals surface area contributed by atoms with E-state index in [4.69, 9.17) is 15.7 Å². The van der Waals surface area contributed by atoms with Crippen LogP contribution in [0.4, 0.5) is 0 Å². The first-order valence-electron chi connectivity index (χ1n) is 5.39. The molecule has 2 N–H and O–H groups in total. The van der Waals surface area contributed by atoms with E-state index in [-0.39, 0.29) is 17.9 Å². The van der Waals surface area contributed by atoms with Crippen LogP contribution in [0.2, 0.25) is 0 Å². The molecule has 2 atom stereocenters. The molecule has 16 heavy (non-hydrogen) atoms. The van der Waals surface area contributed by atoms with Crippen molar-refractivity contribution >= 4 is 0 Å². The highest BCUT2D eigenvalue weighted by Gasteiger charge is 2.22. The van der Waals surface area contributed by atoms with Gasteiger partial charge >= 0.3 is 0 Å². The van der Waals surface area contributed by atoms with Crippen LogP contribution in [0, 0.1) is 23.2 Å². The number of benzene rings is 1. The summed E-state index contributed by atoms with van der Waals surface area (Å²) in [5.41, 5.74) is 7.04. The van der Waals surface area contributed by atoms with E-state index in [1.807, 2.05) is 38.1 Å². The van der Waals surface area contributed by atoms with Crippen molar-refractivity contribution in [3.63, 3.8) is 0 Å². The lowest BCUT2D eigenvalue weighted by molar-refractivity contribution is 0.396. The number of nitrogens with zero attached hydrogens (tertiary/aromatic N) is 1. The molecule has 1 aromatic rings. The van der Waals surface area contributed by atoms with E-state index >= 15 is 0 Å². The maximum atomic E-state index is 9.09. The highest BCUT2D eigenvalue weighted by molar-refractivity contribution is 5.31. The number of ether oxygens (including phenoxy) is 1. The molecule has 0 fully saturated rings. The number of methoxy groups -OCH3 is 1. The van der Waals surface area contributed by atoms with Gasteiger partial charge in [-0.15, -0.1) is 0 Å². The van der Waals surface area contributed by atoms with Gasteiger partial charge in [-0.05, 0) is 23.6 Å². The third-order valence-corrected chi connectivity index (χ3v) is 2.73. The van der Waals surface area contributed by atoms with Crippen molar-refractivity contribution in [3.8, 4) is 11.8 Å². The zero-order valence-corrected chi connectivity index (χ0v) is 9.97. The van der Waals surface area contributed by atoms with Crippen LogP contribution in [-0.4, -0.2) is 7.11 Å². The molecule has 86 valence electrons. The topological polar surface area (TPSA) is 59.0 Å². The molecule has 3 heteroatoms. The predicted molar refractivity (Wildman–Crippen MR) is 63.9 cm³/mol. The van der Waals surface area contributed by atoms with Gasteiger partial charge in [-0.1, -0.05) is 26.0 Å². The molecule has 0 amide bonds. The van der Waals surface area contributed by atoms with Crippen LogP contribution in [0.5, 0.6) is 5.75 Å². The quantitative estimate of drug-likeness (QED) is 0.844. The van der Waals surface area contributed by atoms with Gasteiger partial charge in [-0.25, -0.2) is 0 Å². The smallest absolute Gasteiger partial charge is 0.119 e. The number of nitriles is 1. The molecule has 0 aromatic heterocycles. The van der Waals surface area contributed by atoms with Gasteiger partial charge < -0.3 is 10.5 Å². The Morgan fingerprint density at radius 1 is 1.38 bits per heavy atom. The lowest BCUT2D eigenvalue weighted by Crippen LogP contribution is -2.24. The summed E-state index contributed by atoms with van der Waals surface area (Å²) in [6.45, 7) is 4.02. The van der Waals surface area contributed by atoms with E-state index in [0.717, 1.165) is 11.3 Å². The van der Waals surface area contributed by atoms with E-state index in [0.29, 0.717) is 0 Å². The van der Waals surface area contributed by atoms with E-state index in [2.05, 4.69) is 6.07 Å². The Bertz CT molecular complexity index is 382. The molecule has 0 bridgehead atoms. The average Bonchev–Trinajstić information content (AvgIpc) is 2.29. The fourth-order valence-electron chi connectivity index (χ4n) is 1.70. The first-order chi connectivity index (χ1) is 7.60. The van der Waals surface area contributed by atoms with Crippen LogP contribution < -0.4 is 10.5 Å². The summed E-state index contributed by atoms with van der Waals surface area (Å²) >= 11 is 0. The molecule has 1 aromatic carbocycles. The minimum Gasteiger partial charge on any atom is -0.497 e. The maximum absolute atomic E-state index is 9.09. The van der Waals surface area contributed by atoms with Crippen molar-refractivity contribution in [1.82, 2.24) is 0 Å².